The smallest absolute Gasteiger partial charge is 0.356 e. The van der Waals surface area contributed by atoms with Gasteiger partial charge in [-0.15, -0.1) is 0 Å². The number of nitrogens with zero attached hydrogens (tertiary/aromatic N) is 4. The van der Waals surface area contributed by atoms with Crippen molar-refractivity contribution in [3.05, 3.63) is 59.2 Å². The van der Waals surface area contributed by atoms with E-state index in [0.717, 1.165) is 17.1 Å². The van der Waals surface area contributed by atoms with Gasteiger partial charge >= 0.3 is 5.97 Å². The molecule has 2 aromatic heterocycles. The van der Waals surface area contributed by atoms with Gasteiger partial charge in [0.05, 0.1) is 104 Å². The molecule has 2 aromatic rings. The van der Waals surface area contributed by atoms with E-state index in [4.69, 9.17) is 43.9 Å². The minimum Gasteiger partial charge on any atom is -0.464 e. The molecule has 1 atom stereocenters. The van der Waals surface area contributed by atoms with E-state index in [0.29, 0.717) is 124 Å². The predicted octanol–water partition coefficient (Wildman–Crippen LogP) is 1.49. The molecule has 252 valence electrons. The van der Waals surface area contributed by atoms with E-state index in [1.807, 2.05) is 37.3 Å². The molecule has 1 fully saturated rings. The molecule has 13 nitrogen and oxygen atoms in total. The fraction of sp³-hybridized carbons (Fsp3) is 0.656. The molecule has 1 unspecified atom stereocenters. The van der Waals surface area contributed by atoms with Gasteiger partial charge in [-0.2, -0.15) is 0 Å². The average Bonchev–Trinajstić information content (AvgIpc) is 3.05. The van der Waals surface area contributed by atoms with Crippen LogP contribution in [0.1, 0.15) is 33.6 Å². The maximum atomic E-state index is 11.9. The number of carbonyl (C=O) groups excluding carboxylic acids is 1. The molecule has 3 heterocycles. The van der Waals surface area contributed by atoms with Gasteiger partial charge in [-0.1, -0.05) is 12.1 Å². The van der Waals surface area contributed by atoms with Gasteiger partial charge in [0.1, 0.15) is 5.69 Å². The van der Waals surface area contributed by atoms with Gasteiger partial charge in [0.15, 0.2) is 0 Å². The average molecular weight is 634 g/mol. The van der Waals surface area contributed by atoms with Crippen molar-refractivity contribution in [3.63, 3.8) is 0 Å². The van der Waals surface area contributed by atoms with Crippen LogP contribution in [0.3, 0.4) is 0 Å². The third-order valence-electron chi connectivity index (χ3n) is 7.08. The SMILES string of the molecule is COC(=O)c1cccc(CN2CCOCCOCCN(C(COCCOCCN)c3cccc(C)n3)CCOCCOCC2)n1. The molecule has 2 N–H and O–H groups in total. The van der Waals surface area contributed by atoms with Gasteiger partial charge in [0.2, 0.25) is 0 Å². The van der Waals surface area contributed by atoms with Gasteiger partial charge in [-0.25, -0.2) is 9.78 Å². The first-order valence-corrected chi connectivity index (χ1v) is 15.7. The van der Waals surface area contributed by atoms with Gasteiger partial charge in [-0.05, 0) is 31.2 Å². The third-order valence-corrected chi connectivity index (χ3v) is 7.08. The Morgan fingerprint density at radius 2 is 1.44 bits per heavy atom. The van der Waals surface area contributed by atoms with E-state index >= 15 is 0 Å². The topological polar surface area (TPSA) is 140 Å². The van der Waals surface area contributed by atoms with Crippen LogP contribution in [0.2, 0.25) is 0 Å². The monoisotopic (exact) mass is 633 g/mol. The first-order chi connectivity index (χ1) is 22.1. The highest BCUT2D eigenvalue weighted by Gasteiger charge is 2.22. The summed E-state index contributed by atoms with van der Waals surface area (Å²) in [6.45, 7) is 11.8. The Balaban J connectivity index is 1.54. The molecule has 0 saturated carbocycles. The number of ether oxygens (including phenoxy) is 7. The molecular formula is C32H51N5O8. The molecule has 45 heavy (non-hydrogen) atoms. The first-order valence-electron chi connectivity index (χ1n) is 15.7. The maximum absolute atomic E-state index is 11.9. The molecule has 0 aromatic carbocycles. The Kier molecular flexibility index (Phi) is 18.7. The zero-order chi connectivity index (χ0) is 32.0. The van der Waals surface area contributed by atoms with Crippen molar-refractivity contribution in [1.82, 2.24) is 19.8 Å². The van der Waals surface area contributed by atoms with Crippen LogP contribution in [0.5, 0.6) is 0 Å². The fourth-order valence-electron chi connectivity index (χ4n) is 4.73. The fourth-order valence-corrected chi connectivity index (χ4v) is 4.73. The lowest BCUT2D eigenvalue weighted by atomic mass is 10.1. The number of nitrogens with two attached hydrogens (primary N) is 1. The van der Waals surface area contributed by atoms with Crippen molar-refractivity contribution in [1.29, 1.82) is 0 Å². The molecule has 1 aliphatic heterocycles. The molecule has 1 saturated heterocycles. The standard InChI is InChI=1S/C32H51N5O8/c1-27-5-3-7-29(34-27)31(26-45-24-23-40-14-9-33)37-12-17-43-21-19-41-15-10-36(11-16-42-20-22-44-18-13-37)25-28-6-4-8-30(35-28)32(38)39-2/h3-8,31H,9-26,33H2,1-2H3. The summed E-state index contributed by atoms with van der Waals surface area (Å²) < 4.78 is 40.0. The van der Waals surface area contributed by atoms with E-state index in [1.165, 1.54) is 7.11 Å². The summed E-state index contributed by atoms with van der Waals surface area (Å²) in [5.74, 6) is -0.453. The number of aryl methyl sites for hydroxylation is 1. The van der Waals surface area contributed by atoms with Crippen LogP contribution in [0, 0.1) is 6.92 Å². The van der Waals surface area contributed by atoms with Crippen LogP contribution in [0.15, 0.2) is 36.4 Å². The molecule has 0 bridgehead atoms. The van der Waals surface area contributed by atoms with Crippen LogP contribution >= 0.6 is 0 Å². The number of aromatic nitrogens is 2. The Morgan fingerprint density at radius 1 is 0.822 bits per heavy atom. The van der Waals surface area contributed by atoms with Crippen molar-refractivity contribution in [2.75, 3.05) is 119 Å². The van der Waals surface area contributed by atoms with Gasteiger partial charge < -0.3 is 38.9 Å². The molecule has 0 amide bonds. The summed E-state index contributed by atoms with van der Waals surface area (Å²) in [5, 5.41) is 0. The number of hydrogen-bond acceptors (Lipinski definition) is 13. The molecular weight excluding hydrogens is 582 g/mol. The largest absolute Gasteiger partial charge is 0.464 e. The zero-order valence-corrected chi connectivity index (χ0v) is 26.9. The number of carbonyl (C=O) groups is 1. The van der Waals surface area contributed by atoms with Gasteiger partial charge in [0, 0.05) is 45.0 Å². The van der Waals surface area contributed by atoms with Gasteiger partial charge in [0.25, 0.3) is 0 Å². The van der Waals surface area contributed by atoms with E-state index in [2.05, 4.69) is 14.8 Å². The molecule has 0 radical (unpaired) electrons. The predicted molar refractivity (Wildman–Crippen MR) is 168 cm³/mol. The van der Waals surface area contributed by atoms with E-state index in [1.54, 1.807) is 6.07 Å². The van der Waals surface area contributed by atoms with Crippen molar-refractivity contribution < 1.29 is 38.0 Å². The van der Waals surface area contributed by atoms with E-state index < -0.39 is 5.97 Å². The summed E-state index contributed by atoms with van der Waals surface area (Å²) in [5.41, 5.74) is 8.48. The molecule has 1 aliphatic rings. The minimum atomic E-state index is -0.453. The highest BCUT2D eigenvalue weighted by Crippen LogP contribution is 2.20. The number of pyridine rings is 2. The highest BCUT2D eigenvalue weighted by atomic mass is 16.5. The lowest BCUT2D eigenvalue weighted by Crippen LogP contribution is -2.38. The van der Waals surface area contributed by atoms with Crippen molar-refractivity contribution in [2.24, 2.45) is 5.73 Å². The van der Waals surface area contributed by atoms with Crippen LogP contribution in [0.25, 0.3) is 0 Å². The van der Waals surface area contributed by atoms with Crippen LogP contribution in [-0.4, -0.2) is 145 Å². The summed E-state index contributed by atoms with van der Waals surface area (Å²) in [7, 11) is 1.35. The van der Waals surface area contributed by atoms with E-state index in [9.17, 15) is 4.79 Å². The summed E-state index contributed by atoms with van der Waals surface area (Å²) in [6, 6.07) is 11.3. The minimum absolute atomic E-state index is 0.0708. The first kappa shape index (κ1) is 36.9. The lowest BCUT2D eigenvalue weighted by Gasteiger charge is -2.31. The second-order valence-corrected chi connectivity index (χ2v) is 10.5. The molecule has 0 aliphatic carbocycles. The normalized spacial score (nSPS) is 18.1. The lowest BCUT2D eigenvalue weighted by molar-refractivity contribution is -0.0162. The maximum Gasteiger partial charge on any atom is 0.356 e. The Bertz CT molecular complexity index is 1060. The second-order valence-electron chi connectivity index (χ2n) is 10.5. The van der Waals surface area contributed by atoms with Crippen molar-refractivity contribution >= 4 is 5.97 Å². The Hall–Kier alpha value is -2.59. The molecule has 3 rings (SSSR count). The van der Waals surface area contributed by atoms with Gasteiger partial charge in [-0.3, -0.25) is 14.8 Å². The quantitative estimate of drug-likeness (QED) is 0.267. The highest BCUT2D eigenvalue weighted by molar-refractivity contribution is 5.87. The van der Waals surface area contributed by atoms with Crippen molar-refractivity contribution in [3.8, 4) is 0 Å². The van der Waals surface area contributed by atoms with Crippen LogP contribution in [-0.2, 0) is 39.7 Å². The van der Waals surface area contributed by atoms with Crippen LogP contribution in [0.4, 0.5) is 0 Å². The van der Waals surface area contributed by atoms with E-state index in [-0.39, 0.29) is 6.04 Å². The zero-order valence-electron chi connectivity index (χ0n) is 26.9. The summed E-state index contributed by atoms with van der Waals surface area (Å²) in [6.07, 6.45) is 0. The number of rotatable bonds is 12. The number of esters is 1. The number of hydrogen-bond donors (Lipinski definition) is 1. The summed E-state index contributed by atoms with van der Waals surface area (Å²) >= 11 is 0. The van der Waals surface area contributed by atoms with Crippen LogP contribution < -0.4 is 5.73 Å². The Labute approximate surface area is 267 Å². The number of methoxy groups -OCH3 is 1. The Morgan fingerprint density at radius 3 is 2.07 bits per heavy atom. The van der Waals surface area contributed by atoms with Crippen molar-refractivity contribution in [2.45, 2.75) is 19.5 Å². The third kappa shape index (κ3) is 15.0. The summed E-state index contributed by atoms with van der Waals surface area (Å²) in [4.78, 5) is 25.6. The molecule has 13 heteroatoms. The second kappa shape index (κ2) is 22.8. The molecule has 0 spiro atoms.